The zero-order chi connectivity index (χ0) is 13.3. The fourth-order valence-corrected chi connectivity index (χ4v) is 3.97. The minimum Gasteiger partial charge on any atom is -0.337 e. The lowest BCUT2D eigenvalue weighted by atomic mass is 10.3. The van der Waals surface area contributed by atoms with Gasteiger partial charge in [0.2, 0.25) is 0 Å². The number of hydrogen-bond acceptors (Lipinski definition) is 4. The Bertz CT molecular complexity index is 498. The van der Waals surface area contributed by atoms with Crippen LogP contribution in [0.25, 0.3) is 0 Å². The molecule has 1 aliphatic heterocycles. The van der Waals surface area contributed by atoms with Crippen molar-refractivity contribution in [2.45, 2.75) is 31.3 Å². The molecule has 0 saturated carbocycles. The van der Waals surface area contributed by atoms with E-state index in [1.807, 2.05) is 6.92 Å². The van der Waals surface area contributed by atoms with E-state index in [0.29, 0.717) is 12.4 Å². The summed E-state index contributed by atoms with van der Waals surface area (Å²) in [5.41, 5.74) is 0. The molecule has 2 heterocycles. The van der Waals surface area contributed by atoms with E-state index in [1.54, 1.807) is 29.0 Å². The first-order valence-electron chi connectivity index (χ1n) is 6.19. The van der Waals surface area contributed by atoms with E-state index in [4.69, 9.17) is 0 Å². The molecule has 1 aromatic heterocycles. The van der Waals surface area contributed by atoms with Gasteiger partial charge in [-0.2, -0.15) is 4.31 Å². The van der Waals surface area contributed by atoms with Gasteiger partial charge in [0.25, 0.3) is 10.0 Å². The predicted octanol–water partition coefficient (Wildman–Crippen LogP) is 0.101. The summed E-state index contributed by atoms with van der Waals surface area (Å²) < 4.78 is 28.4. The Morgan fingerprint density at radius 2 is 2.33 bits per heavy atom. The van der Waals surface area contributed by atoms with Crippen LogP contribution >= 0.6 is 0 Å². The molecule has 1 saturated heterocycles. The standard InChI is InChI=1S/C11H20N4O2S/c1-4-15(10-5-6-12-7-10)18(16,17)11-8-14(3)9(2)13-11/h8,10,12H,4-7H2,1-3H3. The van der Waals surface area contributed by atoms with Crippen molar-refractivity contribution < 1.29 is 8.42 Å². The largest absolute Gasteiger partial charge is 0.337 e. The Morgan fingerprint density at radius 1 is 1.61 bits per heavy atom. The lowest BCUT2D eigenvalue weighted by molar-refractivity contribution is 0.347. The van der Waals surface area contributed by atoms with E-state index in [1.165, 1.54) is 0 Å². The van der Waals surface area contributed by atoms with Crippen LogP contribution in [0.4, 0.5) is 0 Å². The van der Waals surface area contributed by atoms with Crippen molar-refractivity contribution in [2.75, 3.05) is 19.6 Å². The summed E-state index contributed by atoms with van der Waals surface area (Å²) in [7, 11) is -1.67. The molecule has 2 rings (SSSR count). The quantitative estimate of drug-likeness (QED) is 0.844. The molecule has 7 heteroatoms. The van der Waals surface area contributed by atoms with Crippen LogP contribution in [0.2, 0.25) is 0 Å². The Kier molecular flexibility index (Phi) is 3.74. The van der Waals surface area contributed by atoms with Gasteiger partial charge in [0.15, 0.2) is 5.03 Å². The van der Waals surface area contributed by atoms with Gasteiger partial charge < -0.3 is 9.88 Å². The summed E-state index contributed by atoms with van der Waals surface area (Å²) in [6.45, 7) is 5.74. The van der Waals surface area contributed by atoms with Gasteiger partial charge >= 0.3 is 0 Å². The maximum atomic E-state index is 12.5. The van der Waals surface area contributed by atoms with E-state index in [0.717, 1.165) is 19.5 Å². The van der Waals surface area contributed by atoms with E-state index < -0.39 is 10.0 Å². The minimum absolute atomic E-state index is 0.0438. The first kappa shape index (κ1) is 13.5. The summed E-state index contributed by atoms with van der Waals surface area (Å²) in [6, 6.07) is 0.0438. The van der Waals surface area contributed by atoms with Gasteiger partial charge in [-0.1, -0.05) is 6.92 Å². The average Bonchev–Trinajstić information content (AvgIpc) is 2.91. The summed E-state index contributed by atoms with van der Waals surface area (Å²) in [5, 5.41) is 3.34. The molecule has 1 aromatic rings. The minimum atomic E-state index is -3.47. The van der Waals surface area contributed by atoms with Crippen LogP contribution in [-0.4, -0.2) is 48.0 Å². The number of nitrogens with one attached hydrogen (secondary N) is 1. The van der Waals surface area contributed by atoms with Crippen molar-refractivity contribution in [2.24, 2.45) is 7.05 Å². The zero-order valence-electron chi connectivity index (χ0n) is 11.0. The normalized spacial score (nSPS) is 20.8. The van der Waals surface area contributed by atoms with Crippen molar-refractivity contribution in [3.05, 3.63) is 12.0 Å². The molecule has 102 valence electrons. The molecule has 1 N–H and O–H groups in total. The van der Waals surface area contributed by atoms with E-state index in [2.05, 4.69) is 10.3 Å². The smallest absolute Gasteiger partial charge is 0.262 e. The Labute approximate surface area is 108 Å². The van der Waals surface area contributed by atoms with Crippen LogP contribution in [0.1, 0.15) is 19.2 Å². The van der Waals surface area contributed by atoms with Crippen molar-refractivity contribution in [3.63, 3.8) is 0 Å². The summed E-state index contributed by atoms with van der Waals surface area (Å²) >= 11 is 0. The van der Waals surface area contributed by atoms with Crippen LogP contribution in [0.15, 0.2) is 11.2 Å². The highest BCUT2D eigenvalue weighted by molar-refractivity contribution is 7.89. The van der Waals surface area contributed by atoms with Gasteiger partial charge in [0.05, 0.1) is 0 Å². The lowest BCUT2D eigenvalue weighted by Crippen LogP contribution is -2.41. The first-order chi connectivity index (χ1) is 8.46. The van der Waals surface area contributed by atoms with Crippen LogP contribution < -0.4 is 5.32 Å². The van der Waals surface area contributed by atoms with Crippen molar-refractivity contribution in [1.82, 2.24) is 19.2 Å². The molecule has 1 aliphatic rings. The maximum absolute atomic E-state index is 12.5. The lowest BCUT2D eigenvalue weighted by Gasteiger charge is -2.25. The maximum Gasteiger partial charge on any atom is 0.262 e. The number of aromatic nitrogens is 2. The molecule has 0 amide bonds. The molecule has 0 aromatic carbocycles. The summed E-state index contributed by atoms with van der Waals surface area (Å²) in [6.07, 6.45) is 2.44. The van der Waals surface area contributed by atoms with Crippen LogP contribution in [0.3, 0.4) is 0 Å². The van der Waals surface area contributed by atoms with Gasteiger partial charge in [0, 0.05) is 32.4 Å². The van der Waals surface area contributed by atoms with Crippen LogP contribution in [0, 0.1) is 6.92 Å². The molecule has 0 spiro atoms. The SMILES string of the molecule is CCN(C1CCNC1)S(=O)(=O)c1cn(C)c(C)n1. The van der Waals surface area contributed by atoms with E-state index >= 15 is 0 Å². The number of sulfonamides is 1. The number of hydrogen-bond donors (Lipinski definition) is 1. The Balaban J connectivity index is 2.33. The fraction of sp³-hybridized carbons (Fsp3) is 0.727. The third kappa shape index (κ3) is 2.30. The molecular weight excluding hydrogens is 252 g/mol. The first-order valence-corrected chi connectivity index (χ1v) is 7.63. The monoisotopic (exact) mass is 272 g/mol. The Morgan fingerprint density at radius 3 is 2.78 bits per heavy atom. The zero-order valence-corrected chi connectivity index (χ0v) is 11.9. The topological polar surface area (TPSA) is 67.2 Å². The van der Waals surface area contributed by atoms with Crippen molar-refractivity contribution in [1.29, 1.82) is 0 Å². The van der Waals surface area contributed by atoms with Crippen LogP contribution in [0.5, 0.6) is 0 Å². The average molecular weight is 272 g/mol. The predicted molar refractivity (Wildman–Crippen MR) is 68.8 cm³/mol. The van der Waals surface area contributed by atoms with Gasteiger partial charge in [-0.05, 0) is 19.9 Å². The second-order valence-corrected chi connectivity index (χ2v) is 6.43. The van der Waals surface area contributed by atoms with E-state index in [9.17, 15) is 8.42 Å². The highest BCUT2D eigenvalue weighted by Crippen LogP contribution is 2.20. The molecule has 0 aliphatic carbocycles. The molecular formula is C11H20N4O2S. The molecule has 0 bridgehead atoms. The molecule has 0 radical (unpaired) electrons. The van der Waals surface area contributed by atoms with Crippen molar-refractivity contribution in [3.8, 4) is 0 Å². The van der Waals surface area contributed by atoms with Crippen LogP contribution in [-0.2, 0) is 17.1 Å². The number of imidazole rings is 1. The molecule has 1 fully saturated rings. The number of likely N-dealkylation sites (N-methyl/N-ethyl adjacent to an activating group) is 1. The number of aryl methyl sites for hydroxylation is 2. The summed E-state index contributed by atoms with van der Waals surface area (Å²) in [5.74, 6) is 0.703. The van der Waals surface area contributed by atoms with Gasteiger partial charge in [-0.15, -0.1) is 0 Å². The number of rotatable bonds is 4. The second-order valence-electron chi connectivity index (χ2n) is 4.59. The highest BCUT2D eigenvalue weighted by atomic mass is 32.2. The molecule has 1 atom stereocenters. The van der Waals surface area contributed by atoms with Gasteiger partial charge in [-0.25, -0.2) is 13.4 Å². The molecule has 1 unspecified atom stereocenters. The third-order valence-corrected chi connectivity index (χ3v) is 5.31. The van der Waals surface area contributed by atoms with Gasteiger partial charge in [0.1, 0.15) is 5.82 Å². The molecule has 18 heavy (non-hydrogen) atoms. The summed E-state index contributed by atoms with van der Waals surface area (Å²) in [4.78, 5) is 4.14. The Hall–Kier alpha value is -0.920. The number of nitrogens with zero attached hydrogens (tertiary/aromatic N) is 3. The van der Waals surface area contributed by atoms with Gasteiger partial charge in [-0.3, -0.25) is 0 Å². The highest BCUT2D eigenvalue weighted by Gasteiger charge is 2.33. The van der Waals surface area contributed by atoms with Crippen molar-refractivity contribution >= 4 is 10.0 Å². The molecule has 6 nitrogen and oxygen atoms in total. The fourth-order valence-electron chi connectivity index (χ4n) is 2.28. The second kappa shape index (κ2) is 4.99. The van der Waals surface area contributed by atoms with E-state index in [-0.39, 0.29) is 11.1 Å². The third-order valence-electron chi connectivity index (χ3n) is 3.41.